The highest BCUT2D eigenvalue weighted by molar-refractivity contribution is 6.60. The standard InChI is InChI=1S/C13H16O3Si/c1-14-12(15-2)13(16-3)17-11-7-6-9-4-5-10(9)8-11/h4-8H,17H2,1-3H3. The summed E-state index contributed by atoms with van der Waals surface area (Å²) in [5.41, 5.74) is 2.62. The molecule has 0 fully saturated rings. The Hall–Kier alpha value is -1.68. The lowest BCUT2D eigenvalue weighted by molar-refractivity contribution is 0.0756. The van der Waals surface area contributed by atoms with E-state index in [0.717, 1.165) is 5.38 Å². The molecule has 0 bridgehead atoms. The fraction of sp³-hybridized carbons (Fsp3) is 0.231. The number of ether oxygens (including phenoxy) is 3. The Kier molecular flexibility index (Phi) is 3.54. The van der Waals surface area contributed by atoms with Crippen molar-refractivity contribution in [2.75, 3.05) is 21.3 Å². The fourth-order valence-electron chi connectivity index (χ4n) is 1.84. The van der Waals surface area contributed by atoms with Crippen LogP contribution in [0.1, 0.15) is 11.1 Å². The van der Waals surface area contributed by atoms with Crippen LogP contribution < -0.4 is 5.19 Å². The first kappa shape index (κ1) is 11.8. The summed E-state index contributed by atoms with van der Waals surface area (Å²) in [6, 6.07) is 6.50. The molecule has 17 heavy (non-hydrogen) atoms. The van der Waals surface area contributed by atoms with Gasteiger partial charge in [-0.25, -0.2) is 0 Å². The van der Waals surface area contributed by atoms with E-state index in [4.69, 9.17) is 14.2 Å². The highest BCUT2D eigenvalue weighted by Crippen LogP contribution is 2.21. The third-order valence-electron chi connectivity index (χ3n) is 2.80. The van der Waals surface area contributed by atoms with Gasteiger partial charge in [-0.2, -0.15) is 0 Å². The lowest BCUT2D eigenvalue weighted by atomic mass is 9.98. The molecule has 0 radical (unpaired) electrons. The molecule has 3 nitrogen and oxygen atoms in total. The molecule has 2 rings (SSSR count). The third-order valence-corrected chi connectivity index (χ3v) is 4.55. The van der Waals surface area contributed by atoms with Crippen LogP contribution in [0.2, 0.25) is 0 Å². The Morgan fingerprint density at radius 3 is 2.12 bits per heavy atom. The van der Waals surface area contributed by atoms with Gasteiger partial charge in [0.25, 0.3) is 0 Å². The molecule has 0 N–H and O–H groups in total. The molecule has 4 heteroatoms. The summed E-state index contributed by atoms with van der Waals surface area (Å²) < 4.78 is 15.7. The van der Waals surface area contributed by atoms with E-state index < -0.39 is 9.52 Å². The van der Waals surface area contributed by atoms with Crippen molar-refractivity contribution in [3.63, 3.8) is 0 Å². The van der Waals surface area contributed by atoms with Crippen molar-refractivity contribution in [3.05, 3.63) is 40.7 Å². The predicted molar refractivity (Wildman–Crippen MR) is 71.6 cm³/mol. The number of fused-ring (bicyclic) bond motifs is 1. The lowest BCUT2D eigenvalue weighted by Gasteiger charge is -2.14. The van der Waals surface area contributed by atoms with Crippen molar-refractivity contribution < 1.29 is 14.2 Å². The van der Waals surface area contributed by atoms with E-state index in [9.17, 15) is 0 Å². The summed E-state index contributed by atoms with van der Waals surface area (Å²) in [6.07, 6.45) is 4.24. The molecule has 1 aliphatic rings. The van der Waals surface area contributed by atoms with E-state index in [2.05, 4.69) is 30.4 Å². The van der Waals surface area contributed by atoms with Gasteiger partial charge >= 0.3 is 5.95 Å². The highest BCUT2D eigenvalue weighted by atomic mass is 28.2. The summed E-state index contributed by atoms with van der Waals surface area (Å²) in [5, 5.41) is 2.15. The van der Waals surface area contributed by atoms with Crippen LogP contribution in [0.3, 0.4) is 0 Å². The van der Waals surface area contributed by atoms with Gasteiger partial charge in [-0.3, -0.25) is 0 Å². The van der Waals surface area contributed by atoms with Crippen molar-refractivity contribution in [2.45, 2.75) is 0 Å². The number of benzene rings is 1. The smallest absolute Gasteiger partial charge is 0.312 e. The van der Waals surface area contributed by atoms with Crippen LogP contribution >= 0.6 is 0 Å². The largest absolute Gasteiger partial charge is 0.499 e. The van der Waals surface area contributed by atoms with E-state index in [1.165, 1.54) is 16.3 Å². The third kappa shape index (κ3) is 2.36. The molecule has 0 aliphatic heterocycles. The molecular weight excluding hydrogens is 232 g/mol. The van der Waals surface area contributed by atoms with Gasteiger partial charge in [0, 0.05) is 0 Å². The maximum absolute atomic E-state index is 5.36. The molecular formula is C13H16O3Si. The van der Waals surface area contributed by atoms with E-state index in [1.807, 2.05) is 0 Å². The number of rotatable bonds is 5. The van der Waals surface area contributed by atoms with Gasteiger partial charge in [0.2, 0.25) is 0 Å². The van der Waals surface area contributed by atoms with E-state index in [-0.39, 0.29) is 0 Å². The number of methoxy groups -OCH3 is 3. The molecule has 0 heterocycles. The minimum Gasteiger partial charge on any atom is -0.499 e. The number of hydrogen-bond acceptors (Lipinski definition) is 3. The van der Waals surface area contributed by atoms with Crippen molar-refractivity contribution in [1.82, 2.24) is 0 Å². The van der Waals surface area contributed by atoms with Crippen molar-refractivity contribution >= 4 is 26.9 Å². The van der Waals surface area contributed by atoms with Gasteiger partial charge in [0.1, 0.15) is 9.52 Å². The molecule has 0 saturated heterocycles. The SMILES string of the molecule is COC(OC)=C(OC)[SiH2]c1ccc2c(c1)C=C2. The zero-order chi connectivity index (χ0) is 12.3. The van der Waals surface area contributed by atoms with Crippen LogP contribution in [0.15, 0.2) is 29.5 Å². The lowest BCUT2D eigenvalue weighted by Crippen LogP contribution is -2.21. The van der Waals surface area contributed by atoms with E-state index in [1.54, 1.807) is 21.3 Å². The number of hydrogen-bond donors (Lipinski definition) is 0. The van der Waals surface area contributed by atoms with Gasteiger partial charge in [-0.15, -0.1) is 0 Å². The van der Waals surface area contributed by atoms with Crippen molar-refractivity contribution in [3.8, 4) is 0 Å². The molecule has 0 amide bonds. The zero-order valence-electron chi connectivity index (χ0n) is 10.3. The molecule has 0 saturated carbocycles. The minimum absolute atomic E-state index is 0.484. The van der Waals surface area contributed by atoms with Gasteiger partial charge in [-0.05, 0) is 11.1 Å². The Morgan fingerprint density at radius 2 is 1.65 bits per heavy atom. The maximum Gasteiger partial charge on any atom is 0.312 e. The Morgan fingerprint density at radius 1 is 0.941 bits per heavy atom. The van der Waals surface area contributed by atoms with Crippen LogP contribution in [0, 0.1) is 0 Å². The first-order valence-electron chi connectivity index (χ1n) is 5.44. The monoisotopic (exact) mass is 248 g/mol. The van der Waals surface area contributed by atoms with Crippen LogP contribution in [-0.2, 0) is 14.2 Å². The molecule has 1 aromatic rings. The second-order valence-electron chi connectivity index (χ2n) is 3.80. The first-order valence-corrected chi connectivity index (χ1v) is 6.86. The first-order chi connectivity index (χ1) is 8.28. The van der Waals surface area contributed by atoms with Gasteiger partial charge in [-0.1, -0.05) is 35.5 Å². The Balaban J connectivity index is 2.19. The highest BCUT2D eigenvalue weighted by Gasteiger charge is 2.12. The Bertz CT molecular complexity index is 472. The van der Waals surface area contributed by atoms with Gasteiger partial charge in [0.05, 0.1) is 21.3 Å². The van der Waals surface area contributed by atoms with Crippen molar-refractivity contribution in [2.24, 2.45) is 0 Å². The van der Waals surface area contributed by atoms with Crippen LogP contribution in [0.5, 0.6) is 0 Å². The quantitative estimate of drug-likeness (QED) is 0.584. The second-order valence-corrected chi connectivity index (χ2v) is 5.61. The average molecular weight is 248 g/mol. The summed E-state index contributed by atoms with van der Waals surface area (Å²) in [6.45, 7) is 0. The van der Waals surface area contributed by atoms with Gasteiger partial charge in [0.15, 0.2) is 5.38 Å². The second kappa shape index (κ2) is 5.10. The predicted octanol–water partition coefficient (Wildman–Crippen LogP) is 1.03. The molecule has 0 aromatic heterocycles. The van der Waals surface area contributed by atoms with Crippen LogP contribution in [-0.4, -0.2) is 30.8 Å². The van der Waals surface area contributed by atoms with E-state index in [0.29, 0.717) is 5.95 Å². The van der Waals surface area contributed by atoms with Gasteiger partial charge < -0.3 is 14.2 Å². The molecule has 0 spiro atoms. The van der Waals surface area contributed by atoms with Crippen LogP contribution in [0.4, 0.5) is 0 Å². The van der Waals surface area contributed by atoms with Crippen molar-refractivity contribution in [1.29, 1.82) is 0 Å². The minimum atomic E-state index is -0.697. The summed E-state index contributed by atoms with van der Waals surface area (Å²) >= 11 is 0. The van der Waals surface area contributed by atoms with Crippen LogP contribution in [0.25, 0.3) is 12.2 Å². The Labute approximate surface area is 104 Å². The van der Waals surface area contributed by atoms with E-state index >= 15 is 0 Å². The molecule has 90 valence electrons. The fourth-order valence-corrected chi connectivity index (χ4v) is 3.34. The summed E-state index contributed by atoms with van der Waals surface area (Å²) in [4.78, 5) is 0. The average Bonchev–Trinajstić information content (AvgIpc) is 2.32. The molecule has 1 aromatic carbocycles. The summed E-state index contributed by atoms with van der Waals surface area (Å²) in [5.74, 6) is 0.484. The molecule has 0 unspecified atom stereocenters. The maximum atomic E-state index is 5.36. The molecule has 1 aliphatic carbocycles. The summed E-state index contributed by atoms with van der Waals surface area (Å²) in [7, 11) is 4.14. The topological polar surface area (TPSA) is 27.7 Å². The zero-order valence-corrected chi connectivity index (χ0v) is 11.7. The normalized spacial score (nSPS) is 11.9. The molecule has 0 atom stereocenters.